The molecule has 0 radical (unpaired) electrons. The summed E-state index contributed by atoms with van der Waals surface area (Å²) >= 11 is 0. The number of ether oxygens (including phenoxy) is 1. The monoisotopic (exact) mass is 303 g/mol. The molecule has 0 aliphatic carbocycles. The number of fused-ring (bicyclic) bond motifs is 1. The van der Waals surface area contributed by atoms with Crippen LogP contribution in [0.5, 0.6) is 5.75 Å². The summed E-state index contributed by atoms with van der Waals surface area (Å²) in [4.78, 5) is 1.60. The lowest BCUT2D eigenvalue weighted by atomic mass is 9.86. The number of benzene rings is 1. The van der Waals surface area contributed by atoms with E-state index in [9.17, 15) is 0 Å². The van der Waals surface area contributed by atoms with E-state index in [1.165, 1.54) is 24.0 Å². The van der Waals surface area contributed by atoms with Gasteiger partial charge in [-0.05, 0) is 49.5 Å². The van der Waals surface area contributed by atoms with Gasteiger partial charge in [0.2, 0.25) is 0 Å². The van der Waals surface area contributed by atoms with E-state index in [0.717, 1.165) is 37.5 Å². The summed E-state index contributed by atoms with van der Waals surface area (Å²) in [7, 11) is 0. The molecule has 0 saturated carbocycles. The van der Waals surface area contributed by atoms with Crippen LogP contribution in [0.3, 0.4) is 0 Å². The molecule has 0 bridgehead atoms. The highest BCUT2D eigenvalue weighted by atomic mass is 16.5. The van der Waals surface area contributed by atoms with E-state index in [-0.39, 0.29) is 5.60 Å². The molecule has 4 rings (SSSR count). The summed E-state index contributed by atoms with van der Waals surface area (Å²) in [5.74, 6) is 1.76. The van der Waals surface area contributed by atoms with Crippen molar-refractivity contribution in [3.8, 4) is 5.75 Å². The van der Waals surface area contributed by atoms with Crippen molar-refractivity contribution in [2.75, 3.05) is 26.6 Å². The number of piperidine rings is 2. The molecule has 1 N–H and O–H groups in total. The molecular weight excluding hydrogens is 272 g/mol. The first-order valence-corrected chi connectivity index (χ1v) is 8.65. The second kappa shape index (κ2) is 5.54. The minimum absolute atomic E-state index is 0.197. The lowest BCUT2D eigenvalue weighted by molar-refractivity contribution is 0.0271. The van der Waals surface area contributed by atoms with Gasteiger partial charge in [-0.15, -0.1) is 0 Å². The predicted molar refractivity (Wildman–Crippen MR) is 89.4 cm³/mol. The average Bonchev–Trinajstić information content (AvgIpc) is 2.91. The minimum atomic E-state index is -1.98. The van der Waals surface area contributed by atoms with Gasteiger partial charge >= 0.3 is 0 Å². The van der Waals surface area contributed by atoms with E-state index in [4.69, 9.17) is 8.85 Å². The lowest BCUT2D eigenvalue weighted by Gasteiger charge is -2.37. The van der Waals surface area contributed by atoms with Crippen LogP contribution in [0, 0.1) is 5.92 Å². The first-order valence-electron chi connectivity index (χ1n) is 10.1. The Kier molecular flexibility index (Phi) is 2.89. The number of rotatable bonds is 1. The van der Waals surface area contributed by atoms with Gasteiger partial charge in [0, 0.05) is 42.5 Å². The van der Waals surface area contributed by atoms with E-state index in [2.05, 4.69) is 30.4 Å². The summed E-state index contributed by atoms with van der Waals surface area (Å²) in [6, 6.07) is 7.09. The summed E-state index contributed by atoms with van der Waals surface area (Å²) in [5, 5.41) is 3.66. The number of likely N-dealkylation sites (tertiary alicyclic amines) is 1. The van der Waals surface area contributed by atoms with Crippen molar-refractivity contribution in [3.05, 3.63) is 29.3 Å². The molecule has 2 atom stereocenters. The van der Waals surface area contributed by atoms with Gasteiger partial charge in [0.15, 0.2) is 0 Å². The van der Waals surface area contributed by atoms with Crippen LogP contribution in [0.1, 0.15) is 53.9 Å². The Labute approximate surface area is 138 Å². The molecule has 0 amide bonds. The minimum Gasteiger partial charge on any atom is -0.487 e. The van der Waals surface area contributed by atoms with Crippen LogP contribution in [0.4, 0.5) is 0 Å². The van der Waals surface area contributed by atoms with Crippen molar-refractivity contribution in [1.29, 1.82) is 0 Å². The zero-order valence-electron chi connectivity index (χ0n) is 16.4. The van der Waals surface area contributed by atoms with Crippen LogP contribution >= 0.6 is 0 Å². The second-order valence-corrected chi connectivity index (χ2v) is 7.46. The van der Waals surface area contributed by atoms with E-state index < -0.39 is 6.98 Å². The molecule has 1 aromatic carbocycles. The molecule has 2 fully saturated rings. The van der Waals surface area contributed by atoms with Crippen molar-refractivity contribution in [2.24, 2.45) is 5.92 Å². The Morgan fingerprint density at radius 3 is 2.91 bits per heavy atom. The first kappa shape index (κ1) is 11.5. The SMILES string of the molecule is [2H]C([2H])([2H])N1CCC2(CC1)Cc1cc(C3CC[C@H](C)CN3)ccc1O2. The predicted octanol–water partition coefficient (Wildman–Crippen LogP) is 3.15. The highest BCUT2D eigenvalue weighted by Gasteiger charge is 2.41. The fraction of sp³-hybridized carbons (Fsp3) is 0.684. The van der Waals surface area contributed by atoms with Gasteiger partial charge in [0.25, 0.3) is 0 Å². The third-order valence-corrected chi connectivity index (χ3v) is 5.66. The molecule has 0 aromatic heterocycles. The topological polar surface area (TPSA) is 24.5 Å². The maximum absolute atomic E-state index is 7.58. The highest BCUT2D eigenvalue weighted by Crippen LogP contribution is 2.42. The third-order valence-electron chi connectivity index (χ3n) is 5.66. The molecule has 1 aromatic rings. The van der Waals surface area contributed by atoms with Gasteiger partial charge in [-0.3, -0.25) is 0 Å². The molecule has 3 aliphatic rings. The van der Waals surface area contributed by atoms with E-state index in [1.54, 1.807) is 4.90 Å². The molecular formula is C19H28N2O. The summed E-state index contributed by atoms with van der Waals surface area (Å²) in [6.45, 7) is 2.57. The molecule has 3 nitrogen and oxygen atoms in total. The van der Waals surface area contributed by atoms with Crippen LogP contribution in [-0.2, 0) is 6.42 Å². The van der Waals surface area contributed by atoms with E-state index in [1.807, 2.05) is 0 Å². The molecule has 3 heteroatoms. The van der Waals surface area contributed by atoms with Gasteiger partial charge in [0.1, 0.15) is 11.4 Å². The van der Waals surface area contributed by atoms with Crippen molar-refractivity contribution in [1.82, 2.24) is 10.2 Å². The molecule has 120 valence electrons. The number of nitrogens with one attached hydrogen (secondary N) is 1. The highest BCUT2D eigenvalue weighted by molar-refractivity contribution is 5.43. The van der Waals surface area contributed by atoms with Crippen LogP contribution in [0.15, 0.2) is 18.2 Å². The van der Waals surface area contributed by atoms with Crippen molar-refractivity contribution in [3.63, 3.8) is 0 Å². The van der Waals surface area contributed by atoms with Crippen molar-refractivity contribution >= 4 is 0 Å². The number of hydrogen-bond donors (Lipinski definition) is 1. The standard InChI is InChI=1S/C19H28N2O/c1-14-3-5-17(20-13-14)15-4-6-18-16(11-15)12-19(22-18)7-9-21(2)10-8-19/h4,6,11,14,17,20H,3,5,7-10,12-13H2,1-2H3/t14-,17?/m0/s1/i2D3. The van der Waals surface area contributed by atoms with Gasteiger partial charge in [-0.1, -0.05) is 19.1 Å². The smallest absolute Gasteiger partial charge is 0.123 e. The first-order chi connectivity index (χ1) is 11.8. The maximum atomic E-state index is 7.58. The second-order valence-electron chi connectivity index (χ2n) is 7.46. The van der Waals surface area contributed by atoms with Crippen LogP contribution < -0.4 is 10.1 Å². The summed E-state index contributed by atoms with van der Waals surface area (Å²) in [6.07, 6.45) is 4.96. The molecule has 3 heterocycles. The Morgan fingerprint density at radius 2 is 2.18 bits per heavy atom. The summed E-state index contributed by atoms with van der Waals surface area (Å²) in [5.41, 5.74) is 2.46. The quantitative estimate of drug-likeness (QED) is 0.862. The van der Waals surface area contributed by atoms with Crippen LogP contribution in [0.25, 0.3) is 0 Å². The van der Waals surface area contributed by atoms with E-state index >= 15 is 0 Å². The van der Waals surface area contributed by atoms with Gasteiger partial charge in [-0.25, -0.2) is 0 Å². The molecule has 2 saturated heterocycles. The van der Waals surface area contributed by atoms with Crippen molar-refractivity contribution in [2.45, 2.75) is 50.7 Å². The van der Waals surface area contributed by atoms with Crippen LogP contribution in [-0.4, -0.2) is 37.1 Å². The van der Waals surface area contributed by atoms with Gasteiger partial charge in [0.05, 0.1) is 0 Å². The lowest BCUT2D eigenvalue weighted by Crippen LogP contribution is -2.45. The summed E-state index contributed by atoms with van der Waals surface area (Å²) < 4.78 is 29.1. The Bertz CT molecular complexity index is 630. The molecule has 1 spiro atoms. The van der Waals surface area contributed by atoms with E-state index in [0.29, 0.717) is 19.1 Å². The zero-order chi connectivity index (χ0) is 17.7. The van der Waals surface area contributed by atoms with Crippen LogP contribution in [0.2, 0.25) is 0 Å². The number of hydrogen-bond acceptors (Lipinski definition) is 3. The average molecular weight is 303 g/mol. The van der Waals surface area contributed by atoms with Crippen molar-refractivity contribution < 1.29 is 8.85 Å². The Morgan fingerprint density at radius 1 is 1.32 bits per heavy atom. The Balaban J connectivity index is 1.45. The zero-order valence-corrected chi connectivity index (χ0v) is 13.4. The van der Waals surface area contributed by atoms with Gasteiger partial charge < -0.3 is 15.0 Å². The largest absolute Gasteiger partial charge is 0.487 e. The fourth-order valence-electron chi connectivity index (χ4n) is 4.15. The number of nitrogens with zero attached hydrogens (tertiary/aromatic N) is 1. The normalized spacial score (nSPS) is 33.6. The molecule has 1 unspecified atom stereocenters. The maximum Gasteiger partial charge on any atom is 0.123 e. The third kappa shape index (κ3) is 2.65. The Hall–Kier alpha value is -1.06. The van der Waals surface area contributed by atoms with Gasteiger partial charge in [-0.2, -0.15) is 0 Å². The molecule has 3 aliphatic heterocycles. The molecule has 22 heavy (non-hydrogen) atoms. The fourth-order valence-corrected chi connectivity index (χ4v) is 4.15.